The van der Waals surface area contributed by atoms with Gasteiger partial charge in [0, 0.05) is 0 Å². The first-order chi connectivity index (χ1) is 8.29. The van der Waals surface area contributed by atoms with Gasteiger partial charge in [0.15, 0.2) is 0 Å². The third-order valence-electron chi connectivity index (χ3n) is 2.11. The molecule has 2 aromatic rings. The van der Waals surface area contributed by atoms with Crippen LogP contribution in [0.25, 0.3) is 0 Å². The number of azo groups is 1. The Kier molecular flexibility index (Phi) is 3.42. The molecular formula is C12H9FN3O-. The fraction of sp³-hybridized carbons (Fsp3) is 0. The highest BCUT2D eigenvalue weighted by atomic mass is 19.1. The van der Waals surface area contributed by atoms with Gasteiger partial charge in [0.25, 0.3) is 0 Å². The first-order valence-electron chi connectivity index (χ1n) is 4.94. The molecule has 5 heteroatoms. The van der Waals surface area contributed by atoms with Gasteiger partial charge in [-0.15, -0.1) is 5.11 Å². The lowest BCUT2D eigenvalue weighted by Gasteiger charge is -2.10. The second-order valence-corrected chi connectivity index (χ2v) is 3.30. The summed E-state index contributed by atoms with van der Waals surface area (Å²) in [6.45, 7) is 0. The predicted octanol–water partition coefficient (Wildman–Crippen LogP) is 4.15. The number of para-hydroxylation sites is 1. The van der Waals surface area contributed by atoms with E-state index in [0.29, 0.717) is 17.1 Å². The smallest absolute Gasteiger partial charge is 0.123 e. The molecule has 0 spiro atoms. The van der Waals surface area contributed by atoms with Gasteiger partial charge in [-0.3, -0.25) is 0 Å². The molecule has 0 aliphatic carbocycles. The van der Waals surface area contributed by atoms with E-state index in [9.17, 15) is 9.60 Å². The standard InChI is InChI=1S/C12H9FN3O/c13-9-5-7-10(8-6-9)14-15-11-3-1-2-4-12(11)16-17/h1-8,16H/q-1. The summed E-state index contributed by atoms with van der Waals surface area (Å²) in [5.41, 5.74) is 3.08. The molecule has 0 saturated heterocycles. The van der Waals surface area contributed by atoms with Gasteiger partial charge in [-0.05, 0) is 36.4 Å². The summed E-state index contributed by atoms with van der Waals surface area (Å²) < 4.78 is 12.6. The summed E-state index contributed by atoms with van der Waals surface area (Å²) in [7, 11) is 0. The van der Waals surface area contributed by atoms with E-state index in [-0.39, 0.29) is 5.82 Å². The van der Waals surface area contributed by atoms with Crippen molar-refractivity contribution in [3.63, 3.8) is 0 Å². The van der Waals surface area contributed by atoms with Gasteiger partial charge in [0.2, 0.25) is 0 Å². The molecule has 0 unspecified atom stereocenters. The van der Waals surface area contributed by atoms with Crippen LogP contribution in [-0.2, 0) is 0 Å². The number of rotatable bonds is 3. The number of benzene rings is 2. The van der Waals surface area contributed by atoms with Crippen molar-refractivity contribution in [2.75, 3.05) is 5.48 Å². The Labute approximate surface area is 97.4 Å². The maximum absolute atomic E-state index is 12.6. The van der Waals surface area contributed by atoms with Crippen LogP contribution in [0.4, 0.5) is 21.5 Å². The largest absolute Gasteiger partial charge is 0.761 e. The molecule has 17 heavy (non-hydrogen) atoms. The average Bonchev–Trinajstić information content (AvgIpc) is 2.38. The minimum atomic E-state index is -0.328. The number of hydrogen-bond acceptors (Lipinski definition) is 4. The fourth-order valence-corrected chi connectivity index (χ4v) is 1.27. The van der Waals surface area contributed by atoms with E-state index in [0.717, 1.165) is 0 Å². The molecule has 86 valence electrons. The zero-order valence-electron chi connectivity index (χ0n) is 8.80. The third-order valence-corrected chi connectivity index (χ3v) is 2.11. The zero-order valence-corrected chi connectivity index (χ0v) is 8.80. The van der Waals surface area contributed by atoms with Crippen molar-refractivity contribution in [1.82, 2.24) is 0 Å². The summed E-state index contributed by atoms with van der Waals surface area (Å²) in [5.74, 6) is -0.328. The number of anilines is 1. The average molecular weight is 230 g/mol. The fourth-order valence-electron chi connectivity index (χ4n) is 1.27. The Balaban J connectivity index is 2.22. The summed E-state index contributed by atoms with van der Waals surface area (Å²) in [4.78, 5) is 0. The van der Waals surface area contributed by atoms with Crippen molar-refractivity contribution in [1.29, 1.82) is 0 Å². The first-order valence-corrected chi connectivity index (χ1v) is 4.94. The normalized spacial score (nSPS) is 10.7. The Morgan fingerprint density at radius 2 is 1.65 bits per heavy atom. The second kappa shape index (κ2) is 5.18. The molecule has 0 amide bonds. The SMILES string of the molecule is [O-]Nc1ccccc1N=Nc1ccc(F)cc1. The number of halogens is 1. The summed E-state index contributed by atoms with van der Waals surface area (Å²) >= 11 is 0. The van der Waals surface area contributed by atoms with Crippen LogP contribution in [0.1, 0.15) is 0 Å². The molecule has 0 radical (unpaired) electrons. The van der Waals surface area contributed by atoms with Crippen molar-refractivity contribution in [3.05, 3.63) is 59.6 Å². The minimum Gasteiger partial charge on any atom is -0.761 e. The molecular weight excluding hydrogens is 221 g/mol. The predicted molar refractivity (Wildman–Crippen MR) is 64.0 cm³/mol. The molecule has 0 saturated carbocycles. The van der Waals surface area contributed by atoms with Crippen LogP contribution >= 0.6 is 0 Å². The van der Waals surface area contributed by atoms with Gasteiger partial charge in [-0.25, -0.2) is 4.39 Å². The zero-order chi connectivity index (χ0) is 12.1. The van der Waals surface area contributed by atoms with E-state index < -0.39 is 0 Å². The summed E-state index contributed by atoms with van der Waals surface area (Å²) in [6, 6.07) is 12.3. The van der Waals surface area contributed by atoms with Crippen molar-refractivity contribution in [3.8, 4) is 0 Å². The number of hydrogen-bond donors (Lipinski definition) is 1. The van der Waals surface area contributed by atoms with E-state index in [1.54, 1.807) is 29.7 Å². The Bertz CT molecular complexity index is 526. The van der Waals surface area contributed by atoms with Gasteiger partial charge in [-0.2, -0.15) is 5.11 Å². The lowest BCUT2D eigenvalue weighted by Crippen LogP contribution is -1.83. The summed E-state index contributed by atoms with van der Waals surface area (Å²) in [5, 5.41) is 18.4. The molecule has 0 aromatic heterocycles. The van der Waals surface area contributed by atoms with E-state index >= 15 is 0 Å². The van der Waals surface area contributed by atoms with Crippen molar-refractivity contribution in [2.24, 2.45) is 10.2 Å². The quantitative estimate of drug-likeness (QED) is 0.636. The second-order valence-electron chi connectivity index (χ2n) is 3.30. The molecule has 1 N–H and O–H groups in total. The van der Waals surface area contributed by atoms with Crippen LogP contribution in [0.2, 0.25) is 0 Å². The lowest BCUT2D eigenvalue weighted by molar-refractivity contribution is 0.628. The van der Waals surface area contributed by atoms with Gasteiger partial charge < -0.3 is 10.7 Å². The van der Waals surface area contributed by atoms with Crippen LogP contribution in [0.3, 0.4) is 0 Å². The molecule has 0 heterocycles. The van der Waals surface area contributed by atoms with Crippen LogP contribution < -0.4 is 5.48 Å². The van der Waals surface area contributed by atoms with Gasteiger partial charge in [0.05, 0.1) is 11.4 Å². The maximum atomic E-state index is 12.6. The Morgan fingerprint density at radius 1 is 0.941 bits per heavy atom. The Morgan fingerprint density at radius 3 is 2.35 bits per heavy atom. The van der Waals surface area contributed by atoms with Crippen molar-refractivity contribution < 1.29 is 4.39 Å². The minimum absolute atomic E-state index is 0.328. The van der Waals surface area contributed by atoms with Crippen LogP contribution in [0, 0.1) is 11.0 Å². The monoisotopic (exact) mass is 230 g/mol. The van der Waals surface area contributed by atoms with Crippen molar-refractivity contribution in [2.45, 2.75) is 0 Å². The maximum Gasteiger partial charge on any atom is 0.123 e. The van der Waals surface area contributed by atoms with Gasteiger partial charge >= 0.3 is 0 Å². The lowest BCUT2D eigenvalue weighted by atomic mass is 10.3. The van der Waals surface area contributed by atoms with E-state index in [1.165, 1.54) is 24.3 Å². The molecule has 0 aliphatic heterocycles. The van der Waals surface area contributed by atoms with Crippen molar-refractivity contribution >= 4 is 17.1 Å². The molecule has 0 atom stereocenters. The van der Waals surface area contributed by atoms with Crippen LogP contribution in [-0.4, -0.2) is 0 Å². The highest BCUT2D eigenvalue weighted by Crippen LogP contribution is 2.26. The highest BCUT2D eigenvalue weighted by molar-refractivity contribution is 5.65. The molecule has 0 fully saturated rings. The van der Waals surface area contributed by atoms with E-state index in [4.69, 9.17) is 0 Å². The van der Waals surface area contributed by atoms with E-state index in [2.05, 4.69) is 10.2 Å². The molecule has 0 bridgehead atoms. The molecule has 2 rings (SSSR count). The van der Waals surface area contributed by atoms with Gasteiger partial charge in [-0.1, -0.05) is 12.1 Å². The Hall–Kier alpha value is -2.27. The van der Waals surface area contributed by atoms with Crippen LogP contribution in [0.15, 0.2) is 58.8 Å². The molecule has 0 aliphatic rings. The van der Waals surface area contributed by atoms with Gasteiger partial charge in [0.1, 0.15) is 11.5 Å². The highest BCUT2D eigenvalue weighted by Gasteiger charge is 1.96. The third kappa shape index (κ3) is 2.85. The molecule has 2 aromatic carbocycles. The number of nitrogens with one attached hydrogen (secondary N) is 1. The topological polar surface area (TPSA) is 59.8 Å². The summed E-state index contributed by atoms with van der Waals surface area (Å²) in [6.07, 6.45) is 0. The van der Waals surface area contributed by atoms with E-state index in [1.807, 2.05) is 0 Å². The first kappa shape index (κ1) is 11.2. The van der Waals surface area contributed by atoms with Crippen LogP contribution in [0.5, 0.6) is 0 Å². The number of nitrogens with zero attached hydrogens (tertiary/aromatic N) is 2. The molecule has 4 nitrogen and oxygen atoms in total.